The fourth-order valence-electron chi connectivity index (χ4n) is 1.29. The Morgan fingerprint density at radius 1 is 1.46 bits per heavy atom. The molecule has 13 heavy (non-hydrogen) atoms. The third-order valence-corrected chi connectivity index (χ3v) is 3.77. The van der Waals surface area contributed by atoms with E-state index in [9.17, 15) is 8.42 Å². The fraction of sp³-hybridized carbons (Fsp3) is 1.00. The zero-order valence-corrected chi connectivity index (χ0v) is 8.55. The van der Waals surface area contributed by atoms with Gasteiger partial charge >= 0.3 is 0 Å². The van der Waals surface area contributed by atoms with Gasteiger partial charge in [0.1, 0.15) is 0 Å². The molecule has 0 aliphatic carbocycles. The van der Waals surface area contributed by atoms with E-state index in [0.29, 0.717) is 13.1 Å². The Labute approximate surface area is 78.9 Å². The van der Waals surface area contributed by atoms with Crippen LogP contribution >= 0.6 is 0 Å². The molecule has 0 aromatic carbocycles. The first-order valence-electron chi connectivity index (χ1n) is 4.44. The van der Waals surface area contributed by atoms with Crippen LogP contribution in [-0.4, -0.2) is 43.6 Å². The van der Waals surface area contributed by atoms with Gasteiger partial charge in [0.15, 0.2) is 0 Å². The van der Waals surface area contributed by atoms with Crippen molar-refractivity contribution in [3.8, 4) is 0 Å². The van der Waals surface area contributed by atoms with Gasteiger partial charge in [0.2, 0.25) is 0 Å². The van der Waals surface area contributed by atoms with E-state index in [0.717, 1.165) is 12.8 Å². The summed E-state index contributed by atoms with van der Waals surface area (Å²) in [4.78, 5) is 0. The average molecular weight is 208 g/mol. The van der Waals surface area contributed by atoms with E-state index in [1.807, 2.05) is 0 Å². The predicted molar refractivity (Wildman–Crippen MR) is 49.4 cm³/mol. The summed E-state index contributed by atoms with van der Waals surface area (Å²) in [7, 11) is -3.35. The minimum atomic E-state index is -3.35. The lowest BCUT2D eigenvalue weighted by Gasteiger charge is -2.18. The van der Waals surface area contributed by atoms with Gasteiger partial charge in [0.25, 0.3) is 10.2 Å². The molecule has 0 radical (unpaired) electrons. The minimum Gasteiger partial charge on any atom is -0.395 e. The van der Waals surface area contributed by atoms with E-state index >= 15 is 0 Å². The van der Waals surface area contributed by atoms with E-state index in [1.54, 1.807) is 6.92 Å². The molecule has 0 unspecified atom stereocenters. The molecule has 2 N–H and O–H groups in total. The topological polar surface area (TPSA) is 69.6 Å². The van der Waals surface area contributed by atoms with Gasteiger partial charge in [-0.3, -0.25) is 0 Å². The van der Waals surface area contributed by atoms with Crippen molar-refractivity contribution in [1.29, 1.82) is 0 Å². The van der Waals surface area contributed by atoms with Crippen LogP contribution < -0.4 is 4.72 Å². The molecule has 5 nitrogen and oxygen atoms in total. The minimum absolute atomic E-state index is 0.174. The third kappa shape index (κ3) is 2.91. The smallest absolute Gasteiger partial charge is 0.279 e. The highest BCUT2D eigenvalue weighted by molar-refractivity contribution is 7.87. The molecule has 1 rings (SSSR count). The summed E-state index contributed by atoms with van der Waals surface area (Å²) in [5.74, 6) is 0. The monoisotopic (exact) mass is 208 g/mol. The summed E-state index contributed by atoms with van der Waals surface area (Å²) < 4.78 is 26.8. The van der Waals surface area contributed by atoms with Crippen molar-refractivity contribution in [3.05, 3.63) is 0 Å². The zero-order chi connectivity index (χ0) is 9.90. The highest BCUT2D eigenvalue weighted by Crippen LogP contribution is 2.11. The number of aliphatic hydroxyl groups excluding tert-OH is 1. The molecule has 1 fully saturated rings. The van der Waals surface area contributed by atoms with Gasteiger partial charge in [-0.1, -0.05) is 0 Å². The van der Waals surface area contributed by atoms with E-state index in [4.69, 9.17) is 5.11 Å². The quantitative estimate of drug-likeness (QED) is 0.641. The highest BCUT2D eigenvalue weighted by atomic mass is 32.2. The van der Waals surface area contributed by atoms with E-state index in [2.05, 4.69) is 4.72 Å². The molecule has 1 atom stereocenters. The molecule has 78 valence electrons. The summed E-state index contributed by atoms with van der Waals surface area (Å²) in [6, 6.07) is -0.411. The van der Waals surface area contributed by atoms with Crippen LogP contribution in [0.15, 0.2) is 0 Å². The second kappa shape index (κ2) is 4.36. The maximum atomic E-state index is 11.5. The number of nitrogens with zero attached hydrogens (tertiary/aromatic N) is 1. The Kier molecular flexibility index (Phi) is 3.66. The molecular formula is C7H16N2O3S. The average Bonchev–Trinajstić information content (AvgIpc) is 2.55. The SMILES string of the molecule is C[C@@H](CO)NS(=O)(=O)N1CCCC1. The van der Waals surface area contributed by atoms with Gasteiger partial charge in [-0.2, -0.15) is 17.4 Å². The van der Waals surface area contributed by atoms with Crippen molar-refractivity contribution >= 4 is 10.2 Å². The molecule has 0 spiro atoms. The molecule has 0 aromatic heterocycles. The lowest BCUT2D eigenvalue weighted by atomic mass is 10.4. The molecule has 1 saturated heterocycles. The van der Waals surface area contributed by atoms with Gasteiger partial charge in [-0.05, 0) is 19.8 Å². The first-order chi connectivity index (χ1) is 6.06. The lowest BCUT2D eigenvalue weighted by Crippen LogP contribution is -2.44. The van der Waals surface area contributed by atoms with Gasteiger partial charge in [-0.25, -0.2) is 0 Å². The van der Waals surface area contributed by atoms with Crippen LogP contribution in [0, 0.1) is 0 Å². The summed E-state index contributed by atoms with van der Waals surface area (Å²) >= 11 is 0. The molecule has 0 amide bonds. The normalized spacial score (nSPS) is 22.0. The van der Waals surface area contributed by atoms with Gasteiger partial charge in [0, 0.05) is 19.1 Å². The number of rotatable bonds is 4. The fourth-order valence-corrected chi connectivity index (χ4v) is 2.77. The Hall–Kier alpha value is -0.170. The first kappa shape index (κ1) is 10.9. The number of hydrogen-bond acceptors (Lipinski definition) is 3. The molecule has 6 heteroatoms. The van der Waals surface area contributed by atoms with Crippen molar-refractivity contribution in [2.24, 2.45) is 0 Å². The lowest BCUT2D eigenvalue weighted by molar-refractivity contribution is 0.263. The van der Waals surface area contributed by atoms with Crippen molar-refractivity contribution in [2.45, 2.75) is 25.8 Å². The largest absolute Gasteiger partial charge is 0.395 e. The second-order valence-electron chi connectivity index (χ2n) is 3.31. The Morgan fingerprint density at radius 3 is 2.46 bits per heavy atom. The van der Waals surface area contributed by atoms with Crippen LogP contribution in [0.5, 0.6) is 0 Å². The van der Waals surface area contributed by atoms with E-state index in [-0.39, 0.29) is 6.61 Å². The zero-order valence-electron chi connectivity index (χ0n) is 7.73. The van der Waals surface area contributed by atoms with Crippen molar-refractivity contribution in [3.63, 3.8) is 0 Å². The molecule has 0 saturated carbocycles. The standard InChI is InChI=1S/C7H16N2O3S/c1-7(6-10)8-13(11,12)9-4-2-3-5-9/h7-8,10H,2-6H2,1H3/t7-/m0/s1. The molecule has 1 heterocycles. The Bertz CT molecular complexity index is 246. The molecule has 0 bridgehead atoms. The van der Waals surface area contributed by atoms with Crippen LogP contribution in [0.2, 0.25) is 0 Å². The molecule has 1 aliphatic heterocycles. The maximum Gasteiger partial charge on any atom is 0.279 e. The second-order valence-corrected chi connectivity index (χ2v) is 5.01. The highest BCUT2D eigenvalue weighted by Gasteiger charge is 2.25. The summed E-state index contributed by atoms with van der Waals surface area (Å²) in [5, 5.41) is 8.70. The van der Waals surface area contributed by atoms with Crippen LogP contribution in [-0.2, 0) is 10.2 Å². The third-order valence-electron chi connectivity index (χ3n) is 2.03. The Balaban J connectivity index is 2.54. The summed E-state index contributed by atoms with van der Waals surface area (Å²) in [5.41, 5.74) is 0. The number of nitrogens with one attached hydrogen (secondary N) is 1. The molecule has 0 aromatic rings. The van der Waals surface area contributed by atoms with Crippen LogP contribution in [0.4, 0.5) is 0 Å². The van der Waals surface area contributed by atoms with Crippen LogP contribution in [0.1, 0.15) is 19.8 Å². The predicted octanol–water partition coefficient (Wildman–Crippen LogP) is -0.703. The van der Waals surface area contributed by atoms with Crippen LogP contribution in [0.3, 0.4) is 0 Å². The van der Waals surface area contributed by atoms with Gasteiger partial charge < -0.3 is 5.11 Å². The van der Waals surface area contributed by atoms with Gasteiger partial charge in [-0.15, -0.1) is 0 Å². The number of hydrogen-bond donors (Lipinski definition) is 2. The molecule has 1 aliphatic rings. The van der Waals surface area contributed by atoms with E-state index in [1.165, 1.54) is 4.31 Å². The summed E-state index contributed by atoms with van der Waals surface area (Å²) in [6.45, 7) is 2.64. The van der Waals surface area contributed by atoms with Crippen molar-refractivity contribution < 1.29 is 13.5 Å². The van der Waals surface area contributed by atoms with Gasteiger partial charge in [0.05, 0.1) is 6.61 Å². The van der Waals surface area contributed by atoms with Crippen LogP contribution in [0.25, 0.3) is 0 Å². The van der Waals surface area contributed by atoms with E-state index < -0.39 is 16.3 Å². The Morgan fingerprint density at radius 2 is 2.00 bits per heavy atom. The number of aliphatic hydroxyl groups is 1. The molecular weight excluding hydrogens is 192 g/mol. The van der Waals surface area contributed by atoms with Crippen molar-refractivity contribution in [2.75, 3.05) is 19.7 Å². The first-order valence-corrected chi connectivity index (χ1v) is 5.88. The maximum absolute atomic E-state index is 11.5. The summed E-state index contributed by atoms with van der Waals surface area (Å²) in [6.07, 6.45) is 1.85. The van der Waals surface area contributed by atoms with Crippen molar-refractivity contribution in [1.82, 2.24) is 9.03 Å².